The molecule has 0 aromatic carbocycles. The van der Waals surface area contributed by atoms with Gasteiger partial charge in [-0.1, -0.05) is 20.3 Å². The Hall–Kier alpha value is -0.630. The molecule has 0 saturated heterocycles. The molecule has 0 spiro atoms. The Balaban J connectivity index is 0.000000165. The Labute approximate surface area is 103 Å². The molecule has 1 heterocycles. The quantitative estimate of drug-likeness (QED) is 0.746. The van der Waals surface area contributed by atoms with Crippen LogP contribution in [0.15, 0.2) is 11.4 Å². The van der Waals surface area contributed by atoms with Gasteiger partial charge < -0.3 is 0 Å². The van der Waals surface area contributed by atoms with Crippen LogP contribution in [0.25, 0.3) is 0 Å². The molecule has 1 aromatic heterocycles. The maximum absolute atomic E-state index is 10.5. The summed E-state index contributed by atoms with van der Waals surface area (Å²) in [7, 11) is 0. The van der Waals surface area contributed by atoms with Gasteiger partial charge in [-0.2, -0.15) is 0 Å². The average molecular weight is 238 g/mol. The molecule has 0 atom stereocenters. The lowest BCUT2D eigenvalue weighted by Gasteiger charge is -2.05. The van der Waals surface area contributed by atoms with Crippen molar-refractivity contribution in [3.63, 3.8) is 0 Å². The van der Waals surface area contributed by atoms with Crippen molar-refractivity contribution in [2.75, 3.05) is 0 Å². The zero-order valence-electron chi connectivity index (χ0n) is 10.4. The van der Waals surface area contributed by atoms with Crippen molar-refractivity contribution < 1.29 is 4.79 Å². The second-order valence-corrected chi connectivity index (χ2v) is 5.18. The van der Waals surface area contributed by atoms with Crippen molar-refractivity contribution in [1.82, 2.24) is 0 Å². The number of carbonyl (C=O) groups is 1. The zero-order chi connectivity index (χ0) is 11.8. The standard InChI is InChI=1S/C8H12S.C6H10O/c1-3-7-5-6-9-8(7)4-2;7-6-4-2-1-3-5-6/h5-6H,3-4H2,1-2H3;1-5H2. The molecule has 1 aliphatic rings. The third kappa shape index (κ3) is 4.48. The minimum atomic E-state index is 0.464. The van der Waals surface area contributed by atoms with Gasteiger partial charge in [0.15, 0.2) is 0 Å². The monoisotopic (exact) mass is 238 g/mol. The van der Waals surface area contributed by atoms with Crippen LogP contribution in [0.1, 0.15) is 56.4 Å². The van der Waals surface area contributed by atoms with Crippen molar-refractivity contribution >= 4 is 17.1 Å². The van der Waals surface area contributed by atoms with Gasteiger partial charge >= 0.3 is 0 Å². The van der Waals surface area contributed by atoms with Crippen LogP contribution in [0, 0.1) is 0 Å². The lowest BCUT2D eigenvalue weighted by Crippen LogP contribution is -2.02. The van der Waals surface area contributed by atoms with Crippen LogP contribution in [0.3, 0.4) is 0 Å². The van der Waals surface area contributed by atoms with Crippen LogP contribution in [0.2, 0.25) is 0 Å². The summed E-state index contributed by atoms with van der Waals surface area (Å²) in [6.45, 7) is 4.42. The Kier molecular flexibility index (Phi) is 6.39. The van der Waals surface area contributed by atoms with E-state index in [9.17, 15) is 4.79 Å². The summed E-state index contributed by atoms with van der Waals surface area (Å²) in [5, 5.41) is 2.18. The van der Waals surface area contributed by atoms with Crippen LogP contribution >= 0.6 is 11.3 Å². The normalized spacial score (nSPS) is 15.5. The van der Waals surface area contributed by atoms with Gasteiger partial charge in [0.1, 0.15) is 5.78 Å². The average Bonchev–Trinajstić information content (AvgIpc) is 2.78. The molecule has 0 radical (unpaired) electrons. The number of thiophene rings is 1. The first-order valence-corrected chi connectivity index (χ1v) is 7.22. The van der Waals surface area contributed by atoms with E-state index in [1.807, 2.05) is 11.3 Å². The van der Waals surface area contributed by atoms with E-state index in [1.165, 1.54) is 24.8 Å². The van der Waals surface area contributed by atoms with E-state index < -0.39 is 0 Å². The molecule has 2 rings (SSSR count). The number of hydrogen-bond donors (Lipinski definition) is 0. The summed E-state index contributed by atoms with van der Waals surface area (Å²) < 4.78 is 0. The molecule has 1 nitrogen and oxygen atoms in total. The predicted octanol–water partition coefficient (Wildman–Crippen LogP) is 4.39. The fraction of sp³-hybridized carbons (Fsp3) is 0.643. The molecular formula is C14H22OS. The maximum atomic E-state index is 10.5. The molecule has 0 N–H and O–H groups in total. The number of aryl methyl sites for hydroxylation is 2. The van der Waals surface area contributed by atoms with Crippen LogP contribution in [0.4, 0.5) is 0 Å². The molecule has 1 aromatic rings. The highest BCUT2D eigenvalue weighted by molar-refractivity contribution is 7.10. The van der Waals surface area contributed by atoms with E-state index in [-0.39, 0.29) is 0 Å². The zero-order valence-corrected chi connectivity index (χ0v) is 11.2. The van der Waals surface area contributed by atoms with E-state index in [0.29, 0.717) is 5.78 Å². The lowest BCUT2D eigenvalue weighted by molar-refractivity contribution is -0.120. The van der Waals surface area contributed by atoms with Crippen molar-refractivity contribution in [2.24, 2.45) is 0 Å². The van der Waals surface area contributed by atoms with Crippen molar-refractivity contribution in [1.29, 1.82) is 0 Å². The third-order valence-corrected chi connectivity index (χ3v) is 4.06. The molecule has 0 bridgehead atoms. The lowest BCUT2D eigenvalue weighted by atomic mass is 10.00. The number of ketones is 1. The van der Waals surface area contributed by atoms with Gasteiger partial charge in [0.05, 0.1) is 0 Å². The van der Waals surface area contributed by atoms with Crippen LogP contribution < -0.4 is 0 Å². The fourth-order valence-electron chi connectivity index (χ4n) is 1.94. The van der Waals surface area contributed by atoms with E-state index in [0.717, 1.165) is 25.7 Å². The van der Waals surface area contributed by atoms with E-state index >= 15 is 0 Å². The number of rotatable bonds is 2. The van der Waals surface area contributed by atoms with Crippen LogP contribution in [-0.4, -0.2) is 5.78 Å². The fourth-order valence-corrected chi connectivity index (χ4v) is 2.87. The van der Waals surface area contributed by atoms with Crippen LogP contribution in [-0.2, 0) is 17.6 Å². The van der Waals surface area contributed by atoms with E-state index in [2.05, 4.69) is 25.3 Å². The highest BCUT2D eigenvalue weighted by Gasteiger charge is 2.05. The van der Waals surface area contributed by atoms with Crippen molar-refractivity contribution in [3.05, 3.63) is 21.9 Å². The second-order valence-electron chi connectivity index (χ2n) is 4.18. The number of carbonyl (C=O) groups excluding carboxylic acids is 1. The molecule has 0 unspecified atom stereocenters. The van der Waals surface area contributed by atoms with Gasteiger partial charge in [-0.3, -0.25) is 4.79 Å². The van der Waals surface area contributed by atoms with Gasteiger partial charge in [0.25, 0.3) is 0 Å². The molecule has 1 fully saturated rings. The van der Waals surface area contributed by atoms with Gasteiger partial charge in [-0.15, -0.1) is 11.3 Å². The molecule has 16 heavy (non-hydrogen) atoms. The minimum absolute atomic E-state index is 0.464. The topological polar surface area (TPSA) is 17.1 Å². The second kappa shape index (κ2) is 7.61. The van der Waals surface area contributed by atoms with Crippen molar-refractivity contribution in [3.8, 4) is 0 Å². The summed E-state index contributed by atoms with van der Waals surface area (Å²) in [5.41, 5.74) is 1.53. The summed E-state index contributed by atoms with van der Waals surface area (Å²) in [6.07, 6.45) is 7.62. The largest absolute Gasteiger partial charge is 0.300 e. The van der Waals surface area contributed by atoms with Crippen LogP contribution in [0.5, 0.6) is 0 Å². The molecule has 1 saturated carbocycles. The number of Topliss-reactive ketones (excluding diaryl/α,β-unsaturated/α-hetero) is 1. The van der Waals surface area contributed by atoms with Gasteiger partial charge in [-0.25, -0.2) is 0 Å². The van der Waals surface area contributed by atoms with Crippen molar-refractivity contribution in [2.45, 2.75) is 58.8 Å². The minimum Gasteiger partial charge on any atom is -0.300 e. The van der Waals surface area contributed by atoms with Gasteiger partial charge in [0.2, 0.25) is 0 Å². The summed E-state index contributed by atoms with van der Waals surface area (Å²) in [5.74, 6) is 0.464. The first-order valence-electron chi connectivity index (χ1n) is 6.34. The molecule has 0 aliphatic heterocycles. The SMILES string of the molecule is CCc1ccsc1CC.O=C1CCCCC1. The first kappa shape index (κ1) is 13.4. The first-order chi connectivity index (χ1) is 7.77. The number of hydrogen-bond acceptors (Lipinski definition) is 2. The highest BCUT2D eigenvalue weighted by atomic mass is 32.1. The Morgan fingerprint density at radius 2 is 1.81 bits per heavy atom. The molecule has 1 aliphatic carbocycles. The Morgan fingerprint density at radius 1 is 1.12 bits per heavy atom. The molecule has 0 amide bonds. The maximum Gasteiger partial charge on any atom is 0.132 e. The molecule has 90 valence electrons. The van der Waals surface area contributed by atoms with Gasteiger partial charge in [-0.05, 0) is 42.7 Å². The molecular weight excluding hydrogens is 216 g/mol. The van der Waals surface area contributed by atoms with Gasteiger partial charge in [0, 0.05) is 17.7 Å². The predicted molar refractivity (Wildman–Crippen MR) is 71.2 cm³/mol. The molecule has 2 heteroatoms. The smallest absolute Gasteiger partial charge is 0.132 e. The Bertz CT molecular complexity index is 288. The summed E-state index contributed by atoms with van der Waals surface area (Å²) in [6, 6.07) is 2.23. The van der Waals surface area contributed by atoms with E-state index in [4.69, 9.17) is 0 Å². The van der Waals surface area contributed by atoms with E-state index in [1.54, 1.807) is 4.88 Å². The highest BCUT2D eigenvalue weighted by Crippen LogP contribution is 2.17. The third-order valence-electron chi connectivity index (χ3n) is 2.95. The Morgan fingerprint density at radius 3 is 2.19 bits per heavy atom. The summed E-state index contributed by atoms with van der Waals surface area (Å²) >= 11 is 1.87. The summed E-state index contributed by atoms with van der Waals surface area (Å²) in [4.78, 5) is 12.0.